The number of anilines is 1. The number of nitrogens with one attached hydrogen (secondary N) is 2. The highest BCUT2D eigenvalue weighted by Crippen LogP contribution is 2.22. The molecule has 1 aliphatic carbocycles. The zero-order valence-corrected chi connectivity index (χ0v) is 11.0. The Labute approximate surface area is 113 Å². The summed E-state index contributed by atoms with van der Waals surface area (Å²) >= 11 is 0. The van der Waals surface area contributed by atoms with Crippen molar-refractivity contribution in [2.45, 2.75) is 32.1 Å². The fourth-order valence-corrected chi connectivity index (χ4v) is 2.43. The van der Waals surface area contributed by atoms with Crippen LogP contribution in [0.1, 0.15) is 37.7 Å². The summed E-state index contributed by atoms with van der Waals surface area (Å²) in [5.41, 5.74) is 1.30. The average Bonchev–Trinajstić information content (AvgIpc) is 2.47. The Kier molecular flexibility index (Phi) is 4.79. The molecule has 0 unspecified atom stereocenters. The number of amides is 2. The maximum atomic E-state index is 11.7. The maximum absolute atomic E-state index is 11.7. The van der Waals surface area contributed by atoms with Crippen molar-refractivity contribution in [3.8, 4) is 6.07 Å². The van der Waals surface area contributed by atoms with Gasteiger partial charge in [-0.05, 0) is 43.0 Å². The zero-order valence-electron chi connectivity index (χ0n) is 11.0. The van der Waals surface area contributed by atoms with Gasteiger partial charge < -0.3 is 10.6 Å². The Balaban J connectivity index is 1.75. The van der Waals surface area contributed by atoms with E-state index < -0.39 is 0 Å². The fraction of sp³-hybridized carbons (Fsp3) is 0.467. The van der Waals surface area contributed by atoms with Gasteiger partial charge in [0.25, 0.3) is 0 Å². The second-order valence-corrected chi connectivity index (χ2v) is 5.03. The van der Waals surface area contributed by atoms with Gasteiger partial charge in [-0.1, -0.05) is 19.3 Å². The Morgan fingerprint density at radius 2 is 1.89 bits per heavy atom. The first-order chi connectivity index (χ1) is 9.28. The Morgan fingerprint density at radius 3 is 2.53 bits per heavy atom. The van der Waals surface area contributed by atoms with Gasteiger partial charge in [-0.15, -0.1) is 0 Å². The summed E-state index contributed by atoms with van der Waals surface area (Å²) in [5.74, 6) is 0.625. The van der Waals surface area contributed by atoms with Crippen LogP contribution in [-0.2, 0) is 0 Å². The number of rotatable bonds is 3. The van der Waals surface area contributed by atoms with Gasteiger partial charge in [0.1, 0.15) is 0 Å². The van der Waals surface area contributed by atoms with Crippen LogP contribution in [0.15, 0.2) is 24.3 Å². The van der Waals surface area contributed by atoms with E-state index in [0.717, 1.165) is 6.54 Å². The number of carbonyl (C=O) groups excluding carboxylic acids is 1. The zero-order chi connectivity index (χ0) is 13.5. The van der Waals surface area contributed by atoms with Gasteiger partial charge in [-0.3, -0.25) is 0 Å². The smallest absolute Gasteiger partial charge is 0.319 e. The van der Waals surface area contributed by atoms with Crippen LogP contribution in [0.25, 0.3) is 0 Å². The number of benzene rings is 1. The molecule has 19 heavy (non-hydrogen) atoms. The summed E-state index contributed by atoms with van der Waals surface area (Å²) in [4.78, 5) is 11.7. The number of nitriles is 1. The molecule has 4 nitrogen and oxygen atoms in total. The summed E-state index contributed by atoms with van der Waals surface area (Å²) < 4.78 is 0. The van der Waals surface area contributed by atoms with Crippen molar-refractivity contribution in [2.24, 2.45) is 5.92 Å². The lowest BCUT2D eigenvalue weighted by Crippen LogP contribution is -2.33. The molecule has 2 amide bonds. The van der Waals surface area contributed by atoms with Crippen LogP contribution < -0.4 is 10.6 Å². The van der Waals surface area contributed by atoms with Crippen LogP contribution in [0.4, 0.5) is 10.5 Å². The van der Waals surface area contributed by atoms with E-state index in [4.69, 9.17) is 5.26 Å². The predicted octanol–water partition coefficient (Wildman–Crippen LogP) is 3.26. The molecule has 1 aliphatic rings. The van der Waals surface area contributed by atoms with Gasteiger partial charge in [0, 0.05) is 12.2 Å². The lowest BCUT2D eigenvalue weighted by molar-refractivity contribution is 0.247. The van der Waals surface area contributed by atoms with Crippen LogP contribution in [0.5, 0.6) is 0 Å². The Morgan fingerprint density at radius 1 is 1.21 bits per heavy atom. The monoisotopic (exact) mass is 257 g/mol. The first-order valence-corrected chi connectivity index (χ1v) is 6.83. The number of urea groups is 1. The van der Waals surface area contributed by atoms with E-state index in [1.165, 1.54) is 32.1 Å². The largest absolute Gasteiger partial charge is 0.338 e. The highest BCUT2D eigenvalue weighted by Gasteiger charge is 2.14. The molecule has 100 valence electrons. The van der Waals surface area contributed by atoms with Crippen LogP contribution in [0, 0.1) is 17.2 Å². The van der Waals surface area contributed by atoms with Crippen LogP contribution in [0.3, 0.4) is 0 Å². The topological polar surface area (TPSA) is 64.9 Å². The number of nitrogens with zero attached hydrogens (tertiary/aromatic N) is 1. The van der Waals surface area contributed by atoms with E-state index in [1.54, 1.807) is 24.3 Å². The van der Waals surface area contributed by atoms with Crippen molar-refractivity contribution >= 4 is 11.7 Å². The van der Waals surface area contributed by atoms with Crippen LogP contribution >= 0.6 is 0 Å². The van der Waals surface area contributed by atoms with E-state index >= 15 is 0 Å². The molecule has 0 radical (unpaired) electrons. The summed E-state index contributed by atoms with van der Waals surface area (Å²) in [7, 11) is 0. The van der Waals surface area contributed by atoms with E-state index in [1.807, 2.05) is 6.07 Å². The van der Waals surface area contributed by atoms with Crippen molar-refractivity contribution < 1.29 is 4.79 Å². The SMILES string of the molecule is N#Cc1ccc(NC(=O)NCC2CCCCC2)cc1. The van der Waals surface area contributed by atoms with Crippen molar-refractivity contribution in [3.63, 3.8) is 0 Å². The third-order valence-corrected chi connectivity index (χ3v) is 3.55. The van der Waals surface area contributed by atoms with Gasteiger partial charge in [0.05, 0.1) is 11.6 Å². The molecule has 0 atom stereocenters. The van der Waals surface area contributed by atoms with Gasteiger partial charge in [-0.2, -0.15) is 5.26 Å². The molecule has 1 saturated carbocycles. The molecule has 0 spiro atoms. The minimum atomic E-state index is -0.171. The second kappa shape index (κ2) is 6.79. The average molecular weight is 257 g/mol. The Bertz CT molecular complexity index is 455. The molecule has 1 fully saturated rings. The van der Waals surface area contributed by atoms with Gasteiger partial charge in [0.2, 0.25) is 0 Å². The summed E-state index contributed by atoms with van der Waals surface area (Å²) in [5, 5.41) is 14.4. The van der Waals surface area contributed by atoms with E-state index in [9.17, 15) is 4.79 Å². The number of hydrogen-bond donors (Lipinski definition) is 2. The van der Waals surface area contributed by atoms with E-state index in [-0.39, 0.29) is 6.03 Å². The van der Waals surface area contributed by atoms with Crippen molar-refractivity contribution in [1.29, 1.82) is 5.26 Å². The molecule has 0 aromatic heterocycles. The van der Waals surface area contributed by atoms with Crippen LogP contribution in [-0.4, -0.2) is 12.6 Å². The fourth-order valence-electron chi connectivity index (χ4n) is 2.43. The van der Waals surface area contributed by atoms with Gasteiger partial charge >= 0.3 is 6.03 Å². The summed E-state index contributed by atoms with van der Waals surface area (Å²) in [6.07, 6.45) is 6.33. The van der Waals surface area contributed by atoms with E-state index in [0.29, 0.717) is 17.2 Å². The lowest BCUT2D eigenvalue weighted by Gasteiger charge is -2.21. The molecule has 2 N–H and O–H groups in total. The second-order valence-electron chi connectivity index (χ2n) is 5.03. The van der Waals surface area contributed by atoms with Gasteiger partial charge in [-0.25, -0.2) is 4.79 Å². The van der Waals surface area contributed by atoms with Gasteiger partial charge in [0.15, 0.2) is 0 Å². The highest BCUT2D eigenvalue weighted by atomic mass is 16.2. The highest BCUT2D eigenvalue weighted by molar-refractivity contribution is 5.89. The molecular formula is C15H19N3O. The molecule has 0 bridgehead atoms. The van der Waals surface area contributed by atoms with Crippen molar-refractivity contribution in [3.05, 3.63) is 29.8 Å². The van der Waals surface area contributed by atoms with Crippen molar-refractivity contribution in [1.82, 2.24) is 5.32 Å². The minimum absolute atomic E-state index is 0.171. The molecule has 4 heteroatoms. The van der Waals surface area contributed by atoms with Crippen molar-refractivity contribution in [2.75, 3.05) is 11.9 Å². The molecular weight excluding hydrogens is 238 g/mol. The standard InChI is InChI=1S/C15H19N3O/c16-10-12-6-8-14(9-7-12)18-15(19)17-11-13-4-2-1-3-5-13/h6-9,13H,1-5,11H2,(H2,17,18,19). The van der Waals surface area contributed by atoms with E-state index in [2.05, 4.69) is 10.6 Å². The van der Waals surface area contributed by atoms with Crippen LogP contribution in [0.2, 0.25) is 0 Å². The lowest BCUT2D eigenvalue weighted by atomic mass is 9.89. The summed E-state index contributed by atoms with van der Waals surface area (Å²) in [6, 6.07) is 8.73. The molecule has 0 heterocycles. The molecule has 0 saturated heterocycles. The molecule has 2 rings (SSSR count). The number of carbonyl (C=O) groups is 1. The predicted molar refractivity (Wildman–Crippen MR) is 74.8 cm³/mol. The first kappa shape index (κ1) is 13.4. The maximum Gasteiger partial charge on any atom is 0.319 e. The third kappa shape index (κ3) is 4.29. The first-order valence-electron chi connectivity index (χ1n) is 6.83. The third-order valence-electron chi connectivity index (χ3n) is 3.55. The Hall–Kier alpha value is -2.02. The molecule has 1 aromatic rings. The number of hydrogen-bond acceptors (Lipinski definition) is 2. The summed E-state index contributed by atoms with van der Waals surface area (Å²) in [6.45, 7) is 0.752. The normalized spacial score (nSPS) is 15.5. The minimum Gasteiger partial charge on any atom is -0.338 e. The molecule has 1 aromatic carbocycles. The molecule has 0 aliphatic heterocycles. The quantitative estimate of drug-likeness (QED) is 0.872.